The van der Waals surface area contributed by atoms with Crippen molar-refractivity contribution in [2.24, 2.45) is 12.0 Å². The number of ether oxygens (including phenoxy) is 1. The zero-order chi connectivity index (χ0) is 19.8. The quantitative estimate of drug-likeness (QED) is 0.268. The van der Waals surface area contributed by atoms with Crippen LogP contribution in [-0.4, -0.2) is 34.4 Å². The van der Waals surface area contributed by atoms with Gasteiger partial charge in [-0.2, -0.15) is 0 Å². The lowest BCUT2D eigenvalue weighted by atomic mass is 10.1. The molecule has 9 heteroatoms. The molecule has 0 unspecified atom stereocenters. The minimum Gasteiger partial charge on any atom is -0.497 e. The summed E-state index contributed by atoms with van der Waals surface area (Å²) in [5.74, 6) is 3.36. The smallest absolute Gasteiger partial charge is 0.192 e. The predicted molar refractivity (Wildman–Crippen MR) is 128 cm³/mol. The van der Waals surface area contributed by atoms with E-state index < -0.39 is 0 Å². The van der Waals surface area contributed by atoms with Gasteiger partial charge in [-0.25, -0.2) is 4.99 Å². The van der Waals surface area contributed by atoms with Crippen molar-refractivity contribution in [1.29, 1.82) is 0 Å². The first-order chi connectivity index (χ1) is 13.7. The number of guanidine groups is 1. The standard InChI is InChI=1S/C20H26N6OS.HI/c1-15-24-25-19(26(15)2)14-23-20(22-13-18-5-4-12-28-18)21-11-10-16-6-8-17(27-3)9-7-16;/h4-9,12H,10-11,13-14H2,1-3H3,(H2,21,22,23);1H. The summed E-state index contributed by atoms with van der Waals surface area (Å²) in [6.45, 7) is 3.92. The van der Waals surface area contributed by atoms with Gasteiger partial charge in [0.2, 0.25) is 0 Å². The molecule has 3 aromatic rings. The third kappa shape index (κ3) is 7.00. The van der Waals surface area contributed by atoms with Crippen LogP contribution in [0.25, 0.3) is 0 Å². The monoisotopic (exact) mass is 526 g/mol. The number of halogens is 1. The molecule has 2 aromatic heterocycles. The van der Waals surface area contributed by atoms with Crippen LogP contribution in [0.5, 0.6) is 5.75 Å². The fourth-order valence-corrected chi connectivity index (χ4v) is 3.26. The van der Waals surface area contributed by atoms with Crippen LogP contribution >= 0.6 is 35.3 Å². The van der Waals surface area contributed by atoms with Gasteiger partial charge in [0.15, 0.2) is 11.8 Å². The van der Waals surface area contributed by atoms with Gasteiger partial charge in [-0.3, -0.25) is 0 Å². The maximum absolute atomic E-state index is 5.21. The second kappa shape index (κ2) is 11.8. The Kier molecular flexibility index (Phi) is 9.39. The van der Waals surface area contributed by atoms with E-state index >= 15 is 0 Å². The summed E-state index contributed by atoms with van der Waals surface area (Å²) < 4.78 is 7.16. The fraction of sp³-hybridized carbons (Fsp3) is 0.350. The molecule has 2 heterocycles. The van der Waals surface area contributed by atoms with Crippen LogP contribution in [0.3, 0.4) is 0 Å². The number of hydrogen-bond donors (Lipinski definition) is 2. The lowest BCUT2D eigenvalue weighted by Gasteiger charge is -2.12. The Morgan fingerprint density at radius 2 is 1.97 bits per heavy atom. The first-order valence-corrected chi connectivity index (χ1v) is 10.1. The van der Waals surface area contributed by atoms with Gasteiger partial charge >= 0.3 is 0 Å². The number of nitrogens with zero attached hydrogens (tertiary/aromatic N) is 4. The van der Waals surface area contributed by atoms with Gasteiger partial charge in [0.25, 0.3) is 0 Å². The number of nitrogens with one attached hydrogen (secondary N) is 2. The molecule has 0 spiro atoms. The van der Waals surface area contributed by atoms with Gasteiger partial charge in [0.05, 0.1) is 13.7 Å². The molecule has 7 nitrogen and oxygen atoms in total. The Labute approximate surface area is 192 Å². The highest BCUT2D eigenvalue weighted by Gasteiger charge is 2.06. The van der Waals surface area contributed by atoms with Crippen molar-refractivity contribution in [3.63, 3.8) is 0 Å². The Hall–Kier alpha value is -2.14. The molecule has 0 amide bonds. The Bertz CT molecular complexity index is 892. The van der Waals surface area contributed by atoms with Crippen LogP contribution in [0, 0.1) is 6.92 Å². The van der Waals surface area contributed by atoms with Crippen LogP contribution in [-0.2, 0) is 26.6 Å². The van der Waals surface area contributed by atoms with Crippen molar-refractivity contribution in [1.82, 2.24) is 25.4 Å². The number of hydrogen-bond acceptors (Lipinski definition) is 5. The van der Waals surface area contributed by atoms with Crippen LogP contribution in [0.15, 0.2) is 46.8 Å². The zero-order valence-electron chi connectivity index (χ0n) is 16.9. The topological polar surface area (TPSA) is 76.4 Å². The minimum absolute atomic E-state index is 0. The number of rotatable bonds is 8. The molecule has 156 valence electrons. The van der Waals surface area contributed by atoms with Gasteiger partial charge in [0, 0.05) is 18.5 Å². The number of methoxy groups -OCH3 is 1. The summed E-state index contributed by atoms with van der Waals surface area (Å²) in [6.07, 6.45) is 0.896. The highest BCUT2D eigenvalue weighted by Crippen LogP contribution is 2.11. The number of aryl methyl sites for hydroxylation is 1. The van der Waals surface area contributed by atoms with Gasteiger partial charge in [-0.15, -0.1) is 45.5 Å². The number of benzene rings is 1. The Morgan fingerprint density at radius 3 is 2.59 bits per heavy atom. The largest absolute Gasteiger partial charge is 0.497 e. The molecule has 0 radical (unpaired) electrons. The van der Waals surface area contributed by atoms with E-state index in [1.165, 1.54) is 10.4 Å². The van der Waals surface area contributed by atoms with E-state index in [2.05, 4.69) is 55.5 Å². The summed E-state index contributed by atoms with van der Waals surface area (Å²) in [7, 11) is 3.63. The van der Waals surface area contributed by atoms with E-state index in [4.69, 9.17) is 4.74 Å². The molecule has 0 fully saturated rings. The third-order valence-electron chi connectivity index (χ3n) is 4.44. The SMILES string of the molecule is COc1ccc(CCNC(=NCc2nnc(C)n2C)NCc2cccs2)cc1.I. The van der Waals surface area contributed by atoms with Crippen molar-refractivity contribution >= 4 is 41.3 Å². The van der Waals surface area contributed by atoms with Crippen molar-refractivity contribution in [2.75, 3.05) is 13.7 Å². The molecule has 0 aliphatic rings. The molecule has 2 N–H and O–H groups in total. The highest BCUT2D eigenvalue weighted by atomic mass is 127. The van der Waals surface area contributed by atoms with E-state index in [-0.39, 0.29) is 24.0 Å². The average molecular weight is 526 g/mol. The fourth-order valence-electron chi connectivity index (χ4n) is 2.61. The van der Waals surface area contributed by atoms with E-state index in [1.54, 1.807) is 18.4 Å². The van der Waals surface area contributed by atoms with Crippen LogP contribution in [0.1, 0.15) is 22.1 Å². The predicted octanol–water partition coefficient (Wildman–Crippen LogP) is 3.29. The normalized spacial score (nSPS) is 11.1. The van der Waals surface area contributed by atoms with E-state index in [0.29, 0.717) is 6.54 Å². The van der Waals surface area contributed by atoms with Crippen molar-refractivity contribution in [2.45, 2.75) is 26.4 Å². The van der Waals surface area contributed by atoms with Gasteiger partial charge in [0.1, 0.15) is 18.1 Å². The Balaban J connectivity index is 0.00000300. The molecular formula is C20H27IN6OS. The highest BCUT2D eigenvalue weighted by molar-refractivity contribution is 14.0. The number of aliphatic imine (C=N–C) groups is 1. The van der Waals surface area contributed by atoms with E-state index in [1.807, 2.05) is 30.7 Å². The number of aromatic nitrogens is 3. The van der Waals surface area contributed by atoms with Crippen LogP contribution in [0.2, 0.25) is 0 Å². The lowest BCUT2D eigenvalue weighted by molar-refractivity contribution is 0.414. The van der Waals surface area contributed by atoms with Gasteiger partial charge < -0.3 is 19.9 Å². The summed E-state index contributed by atoms with van der Waals surface area (Å²) in [5.41, 5.74) is 1.25. The molecular weight excluding hydrogens is 499 g/mol. The van der Waals surface area contributed by atoms with Crippen molar-refractivity contribution in [3.8, 4) is 5.75 Å². The van der Waals surface area contributed by atoms with Crippen molar-refractivity contribution in [3.05, 3.63) is 63.9 Å². The van der Waals surface area contributed by atoms with Gasteiger partial charge in [-0.1, -0.05) is 18.2 Å². The van der Waals surface area contributed by atoms with Crippen LogP contribution in [0.4, 0.5) is 0 Å². The molecule has 3 rings (SSSR count). The second-order valence-electron chi connectivity index (χ2n) is 6.35. The Morgan fingerprint density at radius 1 is 1.17 bits per heavy atom. The minimum atomic E-state index is 0. The molecule has 0 saturated heterocycles. The molecule has 0 bridgehead atoms. The van der Waals surface area contributed by atoms with Crippen LogP contribution < -0.4 is 15.4 Å². The maximum Gasteiger partial charge on any atom is 0.192 e. The van der Waals surface area contributed by atoms with Crippen molar-refractivity contribution < 1.29 is 4.74 Å². The maximum atomic E-state index is 5.21. The second-order valence-corrected chi connectivity index (χ2v) is 7.38. The van der Waals surface area contributed by atoms with E-state index in [9.17, 15) is 0 Å². The molecule has 0 aliphatic heterocycles. The van der Waals surface area contributed by atoms with Gasteiger partial charge in [-0.05, 0) is 42.5 Å². The third-order valence-corrected chi connectivity index (χ3v) is 5.31. The molecule has 0 saturated carbocycles. The first kappa shape index (κ1) is 23.1. The first-order valence-electron chi connectivity index (χ1n) is 9.18. The van der Waals surface area contributed by atoms with E-state index in [0.717, 1.165) is 42.9 Å². The molecule has 0 atom stereocenters. The summed E-state index contributed by atoms with van der Waals surface area (Å²) >= 11 is 1.73. The average Bonchev–Trinajstić information content (AvgIpc) is 3.35. The zero-order valence-corrected chi connectivity index (χ0v) is 20.0. The molecule has 1 aromatic carbocycles. The summed E-state index contributed by atoms with van der Waals surface area (Å²) in [4.78, 5) is 5.94. The molecule has 29 heavy (non-hydrogen) atoms. The summed E-state index contributed by atoms with van der Waals surface area (Å²) in [6, 6.07) is 12.3. The number of thiophene rings is 1. The lowest BCUT2D eigenvalue weighted by Crippen LogP contribution is -2.38. The summed E-state index contributed by atoms with van der Waals surface area (Å²) in [5, 5.41) is 17.2. The molecule has 0 aliphatic carbocycles.